The molecule has 164 valence electrons. The van der Waals surface area contributed by atoms with Gasteiger partial charge in [-0.15, -0.1) is 0 Å². The Bertz CT molecular complexity index is 1200. The van der Waals surface area contributed by atoms with Crippen LogP contribution in [-0.4, -0.2) is 25.4 Å². The van der Waals surface area contributed by atoms with Crippen molar-refractivity contribution in [2.24, 2.45) is 4.99 Å². The molecule has 0 amide bonds. The number of hydrogen-bond acceptors (Lipinski definition) is 3. The average Bonchev–Trinajstić information content (AvgIpc) is 3.25. The Morgan fingerprint density at radius 2 is 1.19 bits per heavy atom. The molecule has 2 heterocycles. The number of anilines is 1. The van der Waals surface area contributed by atoms with Crippen LogP contribution in [0.3, 0.4) is 0 Å². The predicted octanol–water partition coefficient (Wildman–Crippen LogP) is 5.82. The van der Waals surface area contributed by atoms with Crippen molar-refractivity contribution in [1.29, 1.82) is 0 Å². The summed E-state index contributed by atoms with van der Waals surface area (Å²) in [6.45, 7) is 12.3. The summed E-state index contributed by atoms with van der Waals surface area (Å²) in [5, 5.41) is 13.2. The quantitative estimate of drug-likeness (QED) is 0.323. The Kier molecular flexibility index (Phi) is 5.95. The first-order valence-corrected chi connectivity index (χ1v) is 10.8. The van der Waals surface area contributed by atoms with Crippen LogP contribution in [0, 0.1) is 41.5 Å². The van der Waals surface area contributed by atoms with Gasteiger partial charge >= 0.3 is 0 Å². The van der Waals surface area contributed by atoms with Gasteiger partial charge in [-0.25, -0.2) is 14.4 Å². The summed E-state index contributed by atoms with van der Waals surface area (Å²) < 4.78 is 3.98. The van der Waals surface area contributed by atoms with E-state index in [-0.39, 0.29) is 6.17 Å². The molecule has 0 saturated carbocycles. The van der Waals surface area contributed by atoms with E-state index in [4.69, 9.17) is 15.2 Å². The van der Waals surface area contributed by atoms with Gasteiger partial charge in [-0.05, 0) is 77.9 Å². The lowest BCUT2D eigenvalue weighted by molar-refractivity contribution is 0.436. The molecule has 6 heteroatoms. The number of hydrogen-bond donors (Lipinski definition) is 1. The zero-order valence-electron chi connectivity index (χ0n) is 19.6. The van der Waals surface area contributed by atoms with Crippen molar-refractivity contribution >= 4 is 17.2 Å². The first-order chi connectivity index (χ1) is 15.3. The van der Waals surface area contributed by atoms with Gasteiger partial charge in [0, 0.05) is 17.1 Å². The van der Waals surface area contributed by atoms with E-state index in [1.165, 1.54) is 11.1 Å². The van der Waals surface area contributed by atoms with E-state index in [0.29, 0.717) is 0 Å². The number of amidine groups is 1. The highest BCUT2D eigenvalue weighted by molar-refractivity contribution is 5.99. The SMILES string of the molecule is Cc1ccc(N=C(Nc2ccc(C)cc2)C(n2nc(C)cc2C)n2nc(C)cc2C)cc1. The number of nitrogens with one attached hydrogen (secondary N) is 1. The van der Waals surface area contributed by atoms with Crippen molar-refractivity contribution in [1.82, 2.24) is 19.6 Å². The molecule has 32 heavy (non-hydrogen) atoms. The molecule has 0 unspecified atom stereocenters. The van der Waals surface area contributed by atoms with Crippen molar-refractivity contribution in [3.63, 3.8) is 0 Å². The van der Waals surface area contributed by atoms with Gasteiger partial charge in [-0.3, -0.25) is 0 Å². The zero-order chi connectivity index (χ0) is 22.8. The molecule has 0 aliphatic carbocycles. The van der Waals surface area contributed by atoms with E-state index in [1.54, 1.807) is 0 Å². The molecule has 0 bridgehead atoms. The van der Waals surface area contributed by atoms with Crippen LogP contribution >= 0.6 is 0 Å². The standard InChI is InChI=1S/C26H30N6/c1-17-7-11-23(12-8-17)27-25(28-24-13-9-18(2)10-14-24)26(31-21(5)15-19(3)29-31)32-22(6)16-20(4)30-32/h7-16,26H,1-6H3,(H,27,28). The van der Waals surface area contributed by atoms with E-state index in [9.17, 15) is 0 Å². The van der Waals surface area contributed by atoms with Crippen LogP contribution in [-0.2, 0) is 0 Å². The Labute approximate surface area is 189 Å². The second kappa shape index (κ2) is 8.83. The van der Waals surface area contributed by atoms with Crippen LogP contribution in [0.25, 0.3) is 0 Å². The molecule has 2 aromatic heterocycles. The van der Waals surface area contributed by atoms with Crippen LogP contribution in [0.15, 0.2) is 65.7 Å². The largest absolute Gasteiger partial charge is 0.340 e. The summed E-state index contributed by atoms with van der Waals surface area (Å²) in [5.41, 5.74) is 8.25. The molecule has 0 spiro atoms. The summed E-state index contributed by atoms with van der Waals surface area (Å²) in [6, 6.07) is 20.7. The molecular formula is C26H30N6. The van der Waals surface area contributed by atoms with E-state index in [1.807, 2.05) is 35.3 Å². The van der Waals surface area contributed by atoms with Crippen molar-refractivity contribution in [2.45, 2.75) is 47.7 Å². The second-order valence-electron chi connectivity index (χ2n) is 8.44. The fraction of sp³-hybridized carbons (Fsp3) is 0.269. The highest BCUT2D eigenvalue weighted by atomic mass is 15.5. The Balaban J connectivity index is 1.90. The van der Waals surface area contributed by atoms with E-state index >= 15 is 0 Å². The number of aromatic nitrogens is 4. The predicted molar refractivity (Wildman–Crippen MR) is 131 cm³/mol. The summed E-state index contributed by atoms with van der Waals surface area (Å²) >= 11 is 0. The van der Waals surface area contributed by atoms with Gasteiger partial charge in [0.2, 0.25) is 6.17 Å². The lowest BCUT2D eigenvalue weighted by atomic mass is 10.2. The molecule has 6 nitrogen and oxygen atoms in total. The highest BCUT2D eigenvalue weighted by Gasteiger charge is 2.26. The van der Waals surface area contributed by atoms with E-state index in [2.05, 4.69) is 81.5 Å². The molecule has 2 aromatic carbocycles. The lowest BCUT2D eigenvalue weighted by Crippen LogP contribution is -2.34. The highest BCUT2D eigenvalue weighted by Crippen LogP contribution is 2.23. The third-order valence-electron chi connectivity index (χ3n) is 5.40. The molecule has 0 atom stereocenters. The smallest absolute Gasteiger partial charge is 0.201 e. The summed E-state index contributed by atoms with van der Waals surface area (Å²) in [4.78, 5) is 5.06. The van der Waals surface area contributed by atoms with Crippen LogP contribution in [0.1, 0.15) is 40.1 Å². The van der Waals surface area contributed by atoms with Gasteiger partial charge < -0.3 is 5.32 Å². The molecule has 0 fully saturated rings. The average molecular weight is 427 g/mol. The van der Waals surface area contributed by atoms with Gasteiger partial charge in [-0.2, -0.15) is 10.2 Å². The topological polar surface area (TPSA) is 60.0 Å². The Morgan fingerprint density at radius 1 is 0.719 bits per heavy atom. The van der Waals surface area contributed by atoms with Crippen LogP contribution in [0.5, 0.6) is 0 Å². The van der Waals surface area contributed by atoms with Crippen molar-refractivity contribution < 1.29 is 0 Å². The maximum Gasteiger partial charge on any atom is 0.201 e. The van der Waals surface area contributed by atoms with Crippen LogP contribution < -0.4 is 5.32 Å². The van der Waals surface area contributed by atoms with E-state index in [0.717, 1.165) is 40.0 Å². The zero-order valence-corrected chi connectivity index (χ0v) is 19.6. The number of aliphatic imine (C=N–C) groups is 1. The summed E-state index contributed by atoms with van der Waals surface area (Å²) in [7, 11) is 0. The van der Waals surface area contributed by atoms with Gasteiger partial charge in [0.1, 0.15) is 0 Å². The lowest BCUT2D eigenvalue weighted by Gasteiger charge is -2.24. The first kappa shape index (κ1) is 21.6. The number of aryl methyl sites for hydroxylation is 6. The Morgan fingerprint density at radius 3 is 1.62 bits per heavy atom. The van der Waals surface area contributed by atoms with Gasteiger partial charge in [-0.1, -0.05) is 35.4 Å². The second-order valence-corrected chi connectivity index (χ2v) is 8.44. The summed E-state index contributed by atoms with van der Waals surface area (Å²) in [5.74, 6) is 0.745. The molecule has 4 rings (SSSR count). The summed E-state index contributed by atoms with van der Waals surface area (Å²) in [6.07, 6.45) is -0.361. The normalized spacial score (nSPS) is 11.9. The molecule has 4 aromatic rings. The molecule has 1 N–H and O–H groups in total. The minimum Gasteiger partial charge on any atom is -0.340 e. The molecule has 0 aliphatic rings. The first-order valence-electron chi connectivity index (χ1n) is 10.8. The van der Waals surface area contributed by atoms with Crippen LogP contribution in [0.2, 0.25) is 0 Å². The third kappa shape index (κ3) is 4.64. The van der Waals surface area contributed by atoms with Crippen LogP contribution in [0.4, 0.5) is 11.4 Å². The number of benzene rings is 2. The molecular weight excluding hydrogens is 396 g/mol. The fourth-order valence-corrected chi connectivity index (χ4v) is 3.82. The third-order valence-corrected chi connectivity index (χ3v) is 5.40. The number of rotatable bonds is 5. The maximum atomic E-state index is 5.06. The molecule has 0 radical (unpaired) electrons. The fourth-order valence-electron chi connectivity index (χ4n) is 3.82. The monoisotopic (exact) mass is 426 g/mol. The van der Waals surface area contributed by atoms with E-state index < -0.39 is 0 Å². The maximum absolute atomic E-state index is 5.06. The van der Waals surface area contributed by atoms with Crippen molar-refractivity contribution in [2.75, 3.05) is 5.32 Å². The molecule has 0 aliphatic heterocycles. The minimum atomic E-state index is -0.361. The van der Waals surface area contributed by atoms with Gasteiger partial charge in [0.25, 0.3) is 0 Å². The van der Waals surface area contributed by atoms with Crippen molar-refractivity contribution in [3.8, 4) is 0 Å². The number of nitrogens with zero attached hydrogens (tertiary/aromatic N) is 5. The Hall–Kier alpha value is -3.67. The minimum absolute atomic E-state index is 0.361. The van der Waals surface area contributed by atoms with Crippen molar-refractivity contribution in [3.05, 3.63) is 94.6 Å². The van der Waals surface area contributed by atoms with Gasteiger partial charge in [0.15, 0.2) is 5.84 Å². The molecule has 0 saturated heterocycles. The van der Waals surface area contributed by atoms with Gasteiger partial charge in [0.05, 0.1) is 17.1 Å².